The van der Waals surface area contributed by atoms with Gasteiger partial charge in [-0.05, 0) is 37.5 Å². The quantitative estimate of drug-likeness (QED) is 0.881. The van der Waals surface area contributed by atoms with E-state index in [1.54, 1.807) is 0 Å². The molecule has 2 N–H and O–H groups in total. The number of aromatic carboxylic acids is 1. The number of phenols is 1. The largest absolute Gasteiger partial charge is 0.507 e. The zero-order chi connectivity index (χ0) is 14.9. The van der Waals surface area contributed by atoms with Crippen molar-refractivity contribution in [1.82, 2.24) is 4.31 Å². The predicted molar refractivity (Wildman–Crippen MR) is 72.3 cm³/mol. The summed E-state index contributed by atoms with van der Waals surface area (Å²) in [6, 6.07) is 3.31. The van der Waals surface area contributed by atoms with Gasteiger partial charge in [-0.15, -0.1) is 0 Å². The molecule has 1 aromatic rings. The standard InChI is InChI=1S/C13H17NO5S/c1-2-9-4-3-7-14(9)20(18,19)10-5-6-12(15)11(8-10)13(16)17/h5-6,8-9,15H,2-4,7H2,1H3,(H,16,17)/t9-/m1/s1. The first-order valence-corrected chi connectivity index (χ1v) is 7.90. The van der Waals surface area contributed by atoms with Gasteiger partial charge in [0.2, 0.25) is 10.0 Å². The van der Waals surface area contributed by atoms with Crippen LogP contribution in [0.4, 0.5) is 0 Å². The minimum Gasteiger partial charge on any atom is -0.507 e. The molecule has 0 radical (unpaired) electrons. The third-order valence-corrected chi connectivity index (χ3v) is 5.55. The van der Waals surface area contributed by atoms with E-state index in [-0.39, 0.29) is 10.9 Å². The summed E-state index contributed by atoms with van der Waals surface area (Å²) in [5, 5.41) is 18.4. The van der Waals surface area contributed by atoms with E-state index in [2.05, 4.69) is 0 Å². The Hall–Kier alpha value is -1.60. The van der Waals surface area contributed by atoms with Crippen molar-refractivity contribution in [3.8, 4) is 5.75 Å². The number of sulfonamides is 1. The van der Waals surface area contributed by atoms with Crippen LogP contribution in [0.25, 0.3) is 0 Å². The van der Waals surface area contributed by atoms with Crippen molar-refractivity contribution in [2.75, 3.05) is 6.54 Å². The van der Waals surface area contributed by atoms with Crippen molar-refractivity contribution in [1.29, 1.82) is 0 Å². The molecule has 0 amide bonds. The van der Waals surface area contributed by atoms with Crippen molar-refractivity contribution in [3.63, 3.8) is 0 Å². The second-order valence-electron chi connectivity index (χ2n) is 4.80. The molecule has 110 valence electrons. The van der Waals surface area contributed by atoms with Crippen molar-refractivity contribution >= 4 is 16.0 Å². The van der Waals surface area contributed by atoms with Gasteiger partial charge in [0.05, 0.1) is 4.90 Å². The molecule has 20 heavy (non-hydrogen) atoms. The van der Waals surface area contributed by atoms with Gasteiger partial charge in [-0.25, -0.2) is 13.2 Å². The summed E-state index contributed by atoms with van der Waals surface area (Å²) in [7, 11) is -3.71. The SMILES string of the molecule is CC[C@@H]1CCCN1S(=O)(=O)c1ccc(O)c(C(=O)O)c1. The summed E-state index contributed by atoms with van der Waals surface area (Å²) in [6.45, 7) is 2.38. The van der Waals surface area contributed by atoms with Crippen LogP contribution in [-0.2, 0) is 10.0 Å². The van der Waals surface area contributed by atoms with Crippen LogP contribution in [0.5, 0.6) is 5.75 Å². The maximum Gasteiger partial charge on any atom is 0.339 e. The molecule has 7 heteroatoms. The number of hydrogen-bond acceptors (Lipinski definition) is 4. The van der Waals surface area contributed by atoms with Crippen molar-refractivity contribution < 1.29 is 23.4 Å². The van der Waals surface area contributed by atoms with E-state index in [0.717, 1.165) is 31.4 Å². The topological polar surface area (TPSA) is 94.9 Å². The Morgan fingerprint density at radius 3 is 2.75 bits per heavy atom. The molecule has 0 aromatic heterocycles. The van der Waals surface area contributed by atoms with E-state index in [4.69, 9.17) is 5.11 Å². The first-order valence-electron chi connectivity index (χ1n) is 6.46. The minimum atomic E-state index is -3.71. The summed E-state index contributed by atoms with van der Waals surface area (Å²) in [5.74, 6) is -1.79. The van der Waals surface area contributed by atoms with Crippen LogP contribution in [0.15, 0.2) is 23.1 Å². The molecule has 1 aliphatic rings. The van der Waals surface area contributed by atoms with E-state index >= 15 is 0 Å². The molecule has 0 aliphatic carbocycles. The summed E-state index contributed by atoms with van der Waals surface area (Å²) in [5.41, 5.74) is -0.404. The fourth-order valence-electron chi connectivity index (χ4n) is 2.52. The van der Waals surface area contributed by atoms with Gasteiger partial charge in [0.15, 0.2) is 0 Å². The zero-order valence-electron chi connectivity index (χ0n) is 11.1. The molecule has 1 fully saturated rings. The van der Waals surface area contributed by atoms with Crippen molar-refractivity contribution in [3.05, 3.63) is 23.8 Å². The summed E-state index contributed by atoms with van der Waals surface area (Å²) >= 11 is 0. The molecule has 0 spiro atoms. The Bertz CT molecular complexity index is 626. The number of nitrogens with zero attached hydrogens (tertiary/aromatic N) is 1. The molecule has 6 nitrogen and oxygen atoms in total. The molecule has 0 bridgehead atoms. The Balaban J connectivity index is 2.44. The average Bonchev–Trinajstić information content (AvgIpc) is 2.87. The van der Waals surface area contributed by atoms with E-state index in [0.29, 0.717) is 6.54 Å². The lowest BCUT2D eigenvalue weighted by molar-refractivity contribution is 0.0693. The lowest BCUT2D eigenvalue weighted by Gasteiger charge is -2.23. The molecular weight excluding hydrogens is 282 g/mol. The van der Waals surface area contributed by atoms with Crippen LogP contribution >= 0.6 is 0 Å². The first-order chi connectivity index (χ1) is 9.37. The second kappa shape index (κ2) is 5.41. The molecule has 2 rings (SSSR count). The van der Waals surface area contributed by atoms with Crippen molar-refractivity contribution in [2.45, 2.75) is 37.1 Å². The van der Waals surface area contributed by atoms with Gasteiger partial charge in [-0.1, -0.05) is 6.92 Å². The van der Waals surface area contributed by atoms with Crippen molar-refractivity contribution in [2.24, 2.45) is 0 Å². The number of hydrogen-bond donors (Lipinski definition) is 2. The Kier molecular flexibility index (Phi) is 4.01. The second-order valence-corrected chi connectivity index (χ2v) is 6.69. The lowest BCUT2D eigenvalue weighted by Crippen LogP contribution is -2.35. The van der Waals surface area contributed by atoms with Crippen LogP contribution < -0.4 is 0 Å². The van der Waals surface area contributed by atoms with Gasteiger partial charge < -0.3 is 10.2 Å². The zero-order valence-corrected chi connectivity index (χ0v) is 11.9. The van der Waals surface area contributed by atoms with Gasteiger partial charge in [0.1, 0.15) is 11.3 Å². The van der Waals surface area contributed by atoms with E-state index < -0.39 is 27.3 Å². The fraction of sp³-hybridized carbons (Fsp3) is 0.462. The maximum atomic E-state index is 12.5. The Morgan fingerprint density at radius 1 is 1.45 bits per heavy atom. The third-order valence-electron chi connectivity index (χ3n) is 3.60. The lowest BCUT2D eigenvalue weighted by atomic mass is 10.2. The van der Waals surface area contributed by atoms with Crippen LogP contribution in [-0.4, -0.2) is 41.5 Å². The molecule has 1 heterocycles. The number of aromatic hydroxyl groups is 1. The first kappa shape index (κ1) is 14.8. The number of carboxylic acid groups (broad SMARTS) is 1. The van der Waals surface area contributed by atoms with Gasteiger partial charge in [-0.3, -0.25) is 0 Å². The molecule has 1 atom stereocenters. The summed E-state index contributed by atoms with van der Waals surface area (Å²) in [6.07, 6.45) is 2.35. The van der Waals surface area contributed by atoms with Gasteiger partial charge in [0.25, 0.3) is 0 Å². The molecule has 1 aliphatic heterocycles. The van der Waals surface area contributed by atoms with Crippen LogP contribution in [0.1, 0.15) is 36.5 Å². The van der Waals surface area contributed by atoms with Gasteiger partial charge in [0, 0.05) is 12.6 Å². The number of benzene rings is 1. The number of carboxylic acids is 1. The van der Waals surface area contributed by atoms with Crippen LogP contribution in [0.2, 0.25) is 0 Å². The molecular formula is C13H17NO5S. The van der Waals surface area contributed by atoms with Gasteiger partial charge in [-0.2, -0.15) is 4.31 Å². The molecule has 1 saturated heterocycles. The fourth-order valence-corrected chi connectivity index (χ4v) is 4.31. The third kappa shape index (κ3) is 2.51. The highest BCUT2D eigenvalue weighted by Crippen LogP contribution is 2.29. The maximum absolute atomic E-state index is 12.5. The smallest absolute Gasteiger partial charge is 0.339 e. The Morgan fingerprint density at radius 2 is 2.15 bits per heavy atom. The molecule has 0 saturated carbocycles. The predicted octanol–water partition coefficient (Wildman–Crippen LogP) is 1.65. The van der Waals surface area contributed by atoms with Gasteiger partial charge >= 0.3 is 5.97 Å². The molecule has 1 aromatic carbocycles. The Labute approximate surface area is 117 Å². The van der Waals surface area contributed by atoms with E-state index in [1.165, 1.54) is 10.4 Å². The minimum absolute atomic E-state index is 0.0397. The molecule has 0 unspecified atom stereocenters. The van der Waals surface area contributed by atoms with E-state index in [9.17, 15) is 18.3 Å². The highest BCUT2D eigenvalue weighted by molar-refractivity contribution is 7.89. The summed E-state index contributed by atoms with van der Waals surface area (Å²) < 4.78 is 26.5. The van der Waals surface area contributed by atoms with Crippen LogP contribution in [0.3, 0.4) is 0 Å². The van der Waals surface area contributed by atoms with Crippen LogP contribution in [0, 0.1) is 0 Å². The highest BCUT2D eigenvalue weighted by Gasteiger charge is 2.34. The van der Waals surface area contributed by atoms with E-state index in [1.807, 2.05) is 6.92 Å². The normalized spacial score (nSPS) is 20.1. The summed E-state index contributed by atoms with van der Waals surface area (Å²) in [4.78, 5) is 10.9. The number of carbonyl (C=O) groups is 1. The highest BCUT2D eigenvalue weighted by atomic mass is 32.2. The number of rotatable bonds is 4. The monoisotopic (exact) mass is 299 g/mol. The average molecular weight is 299 g/mol.